The Morgan fingerprint density at radius 1 is 1.29 bits per heavy atom. The number of carbonyl (C=O) groups is 1. The molecule has 0 fully saturated rings. The second-order valence-corrected chi connectivity index (χ2v) is 4.14. The van der Waals surface area contributed by atoms with Crippen molar-refractivity contribution in [3.63, 3.8) is 0 Å². The lowest BCUT2D eigenvalue weighted by atomic mass is 10.1. The molecule has 0 radical (unpaired) electrons. The van der Waals surface area contributed by atoms with Crippen LogP contribution in [0.25, 0.3) is 0 Å². The van der Waals surface area contributed by atoms with Crippen LogP contribution in [0.5, 0.6) is 0 Å². The molecule has 0 spiro atoms. The summed E-state index contributed by atoms with van der Waals surface area (Å²) >= 11 is 5.57. The molecule has 3 nitrogen and oxygen atoms in total. The third-order valence-corrected chi connectivity index (χ3v) is 2.66. The Morgan fingerprint density at radius 3 is 2.53 bits per heavy atom. The minimum Gasteiger partial charge on any atom is -0.469 e. The molecular formula is C13H18ClNO2. The fourth-order valence-electron chi connectivity index (χ4n) is 1.47. The van der Waals surface area contributed by atoms with Crippen molar-refractivity contribution in [1.29, 1.82) is 0 Å². The van der Waals surface area contributed by atoms with Crippen LogP contribution in [0.4, 0.5) is 0 Å². The van der Waals surface area contributed by atoms with Crippen molar-refractivity contribution in [2.75, 3.05) is 19.5 Å². The molecule has 1 rings (SSSR count). The fraction of sp³-hybridized carbons (Fsp3) is 0.462. The number of ether oxygens (including phenoxy) is 1. The van der Waals surface area contributed by atoms with E-state index in [0.717, 1.165) is 25.1 Å². The van der Waals surface area contributed by atoms with E-state index >= 15 is 0 Å². The molecule has 1 N–H and O–H groups in total. The first kappa shape index (κ1) is 14.0. The van der Waals surface area contributed by atoms with Crippen molar-refractivity contribution < 1.29 is 9.53 Å². The van der Waals surface area contributed by atoms with Gasteiger partial charge in [-0.2, -0.15) is 0 Å². The number of hydrogen-bond donors (Lipinski definition) is 1. The Balaban J connectivity index is 2.36. The molecule has 94 valence electrons. The summed E-state index contributed by atoms with van der Waals surface area (Å²) < 4.78 is 4.60. The third kappa shape index (κ3) is 5.71. The van der Waals surface area contributed by atoms with Gasteiger partial charge in [0.15, 0.2) is 0 Å². The van der Waals surface area contributed by atoms with Gasteiger partial charge in [-0.15, -0.1) is 11.6 Å². The summed E-state index contributed by atoms with van der Waals surface area (Å²) in [5.41, 5.74) is 2.37. The summed E-state index contributed by atoms with van der Waals surface area (Å²) in [4.78, 5) is 11.0. The van der Waals surface area contributed by atoms with E-state index in [0.29, 0.717) is 12.3 Å². The Bertz CT molecular complexity index is 338. The maximum atomic E-state index is 11.0. The average Bonchev–Trinajstić information content (AvgIpc) is 2.37. The molecule has 0 heterocycles. The van der Waals surface area contributed by atoms with Crippen LogP contribution < -0.4 is 5.32 Å². The number of rotatable bonds is 7. The number of methoxy groups -OCH3 is 1. The molecular weight excluding hydrogens is 238 g/mol. The van der Waals surface area contributed by atoms with Crippen LogP contribution in [0.2, 0.25) is 0 Å². The van der Waals surface area contributed by atoms with Gasteiger partial charge in [-0.1, -0.05) is 24.3 Å². The highest BCUT2D eigenvalue weighted by atomic mass is 35.5. The van der Waals surface area contributed by atoms with Gasteiger partial charge in [0.2, 0.25) is 0 Å². The minimum atomic E-state index is -0.169. The normalized spacial score (nSPS) is 10.2. The largest absolute Gasteiger partial charge is 0.469 e. The molecule has 1 aromatic carbocycles. The topological polar surface area (TPSA) is 38.3 Å². The Hall–Kier alpha value is -1.06. The summed E-state index contributed by atoms with van der Waals surface area (Å²) in [7, 11) is 1.41. The molecule has 0 atom stereocenters. The van der Waals surface area contributed by atoms with Gasteiger partial charge in [-0.3, -0.25) is 4.79 Å². The van der Waals surface area contributed by atoms with Crippen molar-refractivity contribution in [2.45, 2.75) is 19.4 Å². The number of halogens is 1. The molecule has 0 amide bonds. The van der Waals surface area contributed by atoms with Gasteiger partial charge in [0.25, 0.3) is 0 Å². The fourth-order valence-corrected chi connectivity index (χ4v) is 1.61. The average molecular weight is 256 g/mol. The van der Waals surface area contributed by atoms with Crippen LogP contribution in [-0.4, -0.2) is 25.5 Å². The first-order chi connectivity index (χ1) is 8.26. The predicted octanol–water partition coefficient (Wildman–Crippen LogP) is 2.12. The number of hydrogen-bond acceptors (Lipinski definition) is 3. The zero-order valence-corrected chi connectivity index (χ0v) is 10.8. The van der Waals surface area contributed by atoms with Gasteiger partial charge in [0.05, 0.1) is 7.11 Å². The van der Waals surface area contributed by atoms with Gasteiger partial charge in [-0.25, -0.2) is 0 Å². The van der Waals surface area contributed by atoms with Gasteiger partial charge in [0, 0.05) is 25.4 Å². The first-order valence-corrected chi connectivity index (χ1v) is 6.21. The lowest BCUT2D eigenvalue weighted by molar-refractivity contribution is -0.140. The summed E-state index contributed by atoms with van der Waals surface area (Å²) in [6.45, 7) is 1.63. The van der Waals surface area contributed by atoms with Crippen molar-refractivity contribution in [2.24, 2.45) is 0 Å². The summed E-state index contributed by atoms with van der Waals surface area (Å²) in [6.07, 6.45) is 1.16. The zero-order chi connectivity index (χ0) is 12.5. The number of benzene rings is 1. The van der Waals surface area contributed by atoms with Crippen LogP contribution in [0.3, 0.4) is 0 Å². The monoisotopic (exact) mass is 255 g/mol. The maximum absolute atomic E-state index is 11.0. The standard InChI is InChI=1S/C13H18ClNO2/c1-17-13(16)7-6-11-2-4-12(5-3-11)10-15-9-8-14/h2-5,15H,6-10H2,1H3. The molecule has 0 bridgehead atoms. The van der Waals surface area contributed by atoms with E-state index < -0.39 is 0 Å². The lowest BCUT2D eigenvalue weighted by Gasteiger charge is -2.05. The Kier molecular flexibility index (Phi) is 6.67. The summed E-state index contributed by atoms with van der Waals surface area (Å²) in [5.74, 6) is 0.454. The van der Waals surface area contributed by atoms with Crippen LogP contribution in [0.1, 0.15) is 17.5 Å². The lowest BCUT2D eigenvalue weighted by Crippen LogP contribution is -2.15. The number of aryl methyl sites for hydroxylation is 1. The van der Waals surface area contributed by atoms with E-state index in [1.54, 1.807) is 0 Å². The predicted molar refractivity (Wildman–Crippen MR) is 69.2 cm³/mol. The Morgan fingerprint density at radius 2 is 1.94 bits per heavy atom. The van der Waals surface area contributed by atoms with Crippen LogP contribution in [0, 0.1) is 0 Å². The second kappa shape index (κ2) is 8.09. The molecule has 0 saturated heterocycles. The van der Waals surface area contributed by atoms with E-state index in [-0.39, 0.29) is 5.97 Å². The molecule has 0 unspecified atom stereocenters. The second-order valence-electron chi connectivity index (χ2n) is 3.76. The molecule has 0 saturated carbocycles. The van der Waals surface area contributed by atoms with Crippen LogP contribution in [0.15, 0.2) is 24.3 Å². The van der Waals surface area contributed by atoms with Crippen molar-refractivity contribution in [3.05, 3.63) is 35.4 Å². The van der Waals surface area contributed by atoms with Crippen molar-refractivity contribution in [1.82, 2.24) is 5.32 Å². The van der Waals surface area contributed by atoms with E-state index in [9.17, 15) is 4.79 Å². The van der Waals surface area contributed by atoms with Crippen LogP contribution >= 0.6 is 11.6 Å². The molecule has 4 heteroatoms. The minimum absolute atomic E-state index is 0.169. The van der Waals surface area contributed by atoms with Gasteiger partial charge < -0.3 is 10.1 Å². The van der Waals surface area contributed by atoms with Crippen molar-refractivity contribution >= 4 is 17.6 Å². The van der Waals surface area contributed by atoms with E-state index in [4.69, 9.17) is 11.6 Å². The molecule has 0 aliphatic carbocycles. The molecule has 0 aliphatic rings. The molecule has 17 heavy (non-hydrogen) atoms. The quantitative estimate of drug-likeness (QED) is 0.461. The van der Waals surface area contributed by atoms with E-state index in [2.05, 4.69) is 22.2 Å². The first-order valence-electron chi connectivity index (χ1n) is 5.67. The number of carbonyl (C=O) groups excluding carboxylic acids is 1. The number of nitrogens with one attached hydrogen (secondary N) is 1. The maximum Gasteiger partial charge on any atom is 0.305 e. The zero-order valence-electron chi connectivity index (χ0n) is 10.0. The molecule has 1 aromatic rings. The number of alkyl halides is 1. The summed E-state index contributed by atoms with van der Waals surface area (Å²) in [6, 6.07) is 8.21. The molecule has 0 aliphatic heterocycles. The van der Waals surface area contributed by atoms with E-state index in [1.807, 2.05) is 12.1 Å². The SMILES string of the molecule is COC(=O)CCc1ccc(CNCCCl)cc1. The van der Waals surface area contributed by atoms with Gasteiger partial charge >= 0.3 is 5.97 Å². The highest BCUT2D eigenvalue weighted by Gasteiger charge is 2.01. The Labute approximate surface area is 107 Å². The third-order valence-electron chi connectivity index (χ3n) is 2.47. The van der Waals surface area contributed by atoms with Crippen LogP contribution in [-0.2, 0) is 22.5 Å². The van der Waals surface area contributed by atoms with Crippen molar-refractivity contribution in [3.8, 4) is 0 Å². The molecule has 0 aromatic heterocycles. The number of esters is 1. The van der Waals surface area contributed by atoms with E-state index in [1.165, 1.54) is 12.7 Å². The summed E-state index contributed by atoms with van der Waals surface area (Å²) in [5, 5.41) is 3.22. The smallest absolute Gasteiger partial charge is 0.305 e. The highest BCUT2D eigenvalue weighted by molar-refractivity contribution is 6.18. The van der Waals surface area contributed by atoms with Gasteiger partial charge in [0.1, 0.15) is 0 Å². The highest BCUT2D eigenvalue weighted by Crippen LogP contribution is 2.07. The van der Waals surface area contributed by atoms with Gasteiger partial charge in [-0.05, 0) is 17.5 Å².